The second-order valence-electron chi connectivity index (χ2n) is 7.95. The van der Waals surface area contributed by atoms with E-state index < -0.39 is 0 Å². The van der Waals surface area contributed by atoms with Crippen LogP contribution >= 0.6 is 0 Å². The molecule has 2 N–H and O–H groups in total. The van der Waals surface area contributed by atoms with Gasteiger partial charge < -0.3 is 10.2 Å². The van der Waals surface area contributed by atoms with E-state index >= 15 is 0 Å². The van der Waals surface area contributed by atoms with Crippen LogP contribution in [0.2, 0.25) is 0 Å². The average Bonchev–Trinajstić information content (AvgIpc) is 3.23. The standard InChI is InChI=1S/2C8H12.2C6H5FO.Zr/c2*1-6-4-5-7(2)8(6)3;2*7-5-1-3-6(8)4-2-5;/h2*4H,5H2,1-3H3;2*1-4,8H;. The minimum Gasteiger partial charge on any atom is -0.508 e. The maximum Gasteiger partial charge on any atom is 0.123 e. The first-order chi connectivity index (χ1) is 15.0. The Kier molecular flexibility index (Phi) is 14.5. The van der Waals surface area contributed by atoms with Crippen molar-refractivity contribution in [1.82, 2.24) is 0 Å². The third-order valence-electron chi connectivity index (χ3n) is 5.55. The van der Waals surface area contributed by atoms with Crippen molar-refractivity contribution in [3.05, 3.63) is 106 Å². The topological polar surface area (TPSA) is 40.5 Å². The zero-order valence-corrected chi connectivity index (χ0v) is 22.8. The third-order valence-corrected chi connectivity index (χ3v) is 5.55. The van der Waals surface area contributed by atoms with Gasteiger partial charge in [-0.1, -0.05) is 34.4 Å². The van der Waals surface area contributed by atoms with Gasteiger partial charge in [0.2, 0.25) is 0 Å². The first-order valence-corrected chi connectivity index (χ1v) is 10.6. The molecule has 2 aliphatic carbocycles. The van der Waals surface area contributed by atoms with Crippen LogP contribution in [0.3, 0.4) is 0 Å². The van der Waals surface area contributed by atoms with Crippen LogP contribution in [-0.4, -0.2) is 10.2 Å². The molecule has 0 unspecified atom stereocenters. The molecule has 2 aromatic carbocycles. The molecule has 2 nitrogen and oxygen atoms in total. The molecular weight excluding hydrogens is 498 g/mol. The van der Waals surface area contributed by atoms with Crippen LogP contribution in [0.4, 0.5) is 8.78 Å². The first kappa shape index (κ1) is 30.7. The number of hydrogen-bond donors (Lipinski definition) is 2. The summed E-state index contributed by atoms with van der Waals surface area (Å²) in [6.45, 7) is 13.1. The molecule has 0 spiro atoms. The van der Waals surface area contributed by atoms with Gasteiger partial charge in [0.15, 0.2) is 0 Å². The van der Waals surface area contributed by atoms with Crippen LogP contribution in [0.25, 0.3) is 0 Å². The van der Waals surface area contributed by atoms with Crippen LogP contribution in [0.15, 0.2) is 94.1 Å². The number of benzene rings is 2. The minimum absolute atomic E-state index is 0. The van der Waals surface area contributed by atoms with Crippen LogP contribution in [-0.2, 0) is 26.2 Å². The van der Waals surface area contributed by atoms with E-state index in [0.717, 1.165) is 0 Å². The SMILES string of the molecule is CC1=CCC(C)=C1C.CC1=CCC(C)=C1C.Oc1ccc(F)cc1.Oc1ccc(F)cc1.[Zr]. The van der Waals surface area contributed by atoms with Gasteiger partial charge in [-0.2, -0.15) is 0 Å². The Bertz CT molecular complexity index is 863. The molecule has 0 saturated heterocycles. The summed E-state index contributed by atoms with van der Waals surface area (Å²) < 4.78 is 24.0. The number of phenolic OH excluding ortho intramolecular Hbond substituents is 2. The summed E-state index contributed by atoms with van der Waals surface area (Å²) in [5.74, 6) is -0.483. The quantitative estimate of drug-likeness (QED) is 0.358. The molecular formula is C28H34F2O2Zr. The predicted octanol–water partition coefficient (Wildman–Crippen LogP) is 8.41. The Labute approximate surface area is 216 Å². The summed E-state index contributed by atoms with van der Waals surface area (Å²) in [6.07, 6.45) is 6.92. The molecule has 0 amide bonds. The summed E-state index contributed by atoms with van der Waals surface area (Å²) in [5, 5.41) is 17.2. The minimum atomic E-state index is -0.331. The molecule has 0 heterocycles. The number of allylic oxidation sites excluding steroid dienone is 8. The van der Waals surface area contributed by atoms with Gasteiger partial charge in [-0.3, -0.25) is 0 Å². The van der Waals surface area contributed by atoms with Crippen molar-refractivity contribution in [3.8, 4) is 11.5 Å². The monoisotopic (exact) mass is 530 g/mol. The van der Waals surface area contributed by atoms with E-state index in [-0.39, 0.29) is 49.3 Å². The van der Waals surface area contributed by atoms with Crippen molar-refractivity contribution in [2.75, 3.05) is 0 Å². The molecule has 0 aromatic heterocycles. The van der Waals surface area contributed by atoms with Crippen LogP contribution < -0.4 is 0 Å². The number of phenols is 2. The van der Waals surface area contributed by atoms with E-state index in [1.807, 2.05) is 0 Å². The normalized spacial score (nSPS) is 13.9. The smallest absolute Gasteiger partial charge is 0.123 e. The summed E-state index contributed by atoms with van der Waals surface area (Å²) in [5.41, 5.74) is 8.96. The second kappa shape index (κ2) is 15.6. The van der Waals surface area contributed by atoms with Crippen LogP contribution in [0.5, 0.6) is 11.5 Å². The fourth-order valence-electron chi connectivity index (χ4n) is 2.78. The molecule has 176 valence electrons. The fourth-order valence-corrected chi connectivity index (χ4v) is 2.78. The van der Waals surface area contributed by atoms with Crippen molar-refractivity contribution in [2.24, 2.45) is 0 Å². The summed E-state index contributed by atoms with van der Waals surface area (Å²) >= 11 is 0. The number of halogens is 2. The number of rotatable bonds is 0. The maximum absolute atomic E-state index is 12.0. The molecule has 2 aliphatic rings. The molecule has 0 radical (unpaired) electrons. The molecule has 0 aliphatic heterocycles. The largest absolute Gasteiger partial charge is 0.508 e. The van der Waals surface area contributed by atoms with Crippen molar-refractivity contribution < 1.29 is 45.2 Å². The average molecular weight is 532 g/mol. The molecule has 5 heteroatoms. The molecule has 0 bridgehead atoms. The Balaban J connectivity index is 0.000000410. The zero-order valence-electron chi connectivity index (χ0n) is 20.3. The van der Waals surface area contributed by atoms with Gasteiger partial charge in [0.1, 0.15) is 23.1 Å². The van der Waals surface area contributed by atoms with E-state index in [0.29, 0.717) is 0 Å². The van der Waals surface area contributed by atoms with Crippen LogP contribution in [0, 0.1) is 11.6 Å². The van der Waals surface area contributed by atoms with Crippen molar-refractivity contribution >= 4 is 0 Å². The van der Waals surface area contributed by atoms with Gasteiger partial charge in [-0.05, 0) is 114 Å². The van der Waals surface area contributed by atoms with Crippen molar-refractivity contribution in [3.63, 3.8) is 0 Å². The molecule has 2 aromatic rings. The maximum atomic E-state index is 12.0. The Morgan fingerprint density at radius 1 is 0.545 bits per heavy atom. The van der Waals surface area contributed by atoms with Crippen molar-refractivity contribution in [2.45, 2.75) is 54.4 Å². The molecule has 0 fully saturated rings. The molecule has 4 rings (SSSR count). The van der Waals surface area contributed by atoms with Gasteiger partial charge >= 0.3 is 0 Å². The molecule has 0 saturated carbocycles. The Morgan fingerprint density at radius 2 is 0.818 bits per heavy atom. The van der Waals surface area contributed by atoms with E-state index in [2.05, 4.69) is 53.7 Å². The van der Waals surface area contributed by atoms with Gasteiger partial charge in [0.05, 0.1) is 0 Å². The fraction of sp³-hybridized carbons (Fsp3) is 0.286. The van der Waals surface area contributed by atoms with Crippen LogP contribution in [0.1, 0.15) is 54.4 Å². The number of aromatic hydroxyl groups is 2. The molecule has 33 heavy (non-hydrogen) atoms. The Hall–Kier alpha value is -2.26. The van der Waals surface area contributed by atoms with Gasteiger partial charge in [-0.15, -0.1) is 0 Å². The second-order valence-corrected chi connectivity index (χ2v) is 7.95. The zero-order chi connectivity index (χ0) is 24.3. The van der Waals surface area contributed by atoms with Gasteiger partial charge in [-0.25, -0.2) is 8.78 Å². The van der Waals surface area contributed by atoms with Crippen molar-refractivity contribution in [1.29, 1.82) is 0 Å². The van der Waals surface area contributed by atoms with Gasteiger partial charge in [0.25, 0.3) is 0 Å². The summed E-state index contributed by atoms with van der Waals surface area (Å²) in [7, 11) is 0. The first-order valence-electron chi connectivity index (χ1n) is 10.6. The predicted molar refractivity (Wildman–Crippen MR) is 130 cm³/mol. The third kappa shape index (κ3) is 12.0. The van der Waals surface area contributed by atoms with E-state index in [4.69, 9.17) is 10.2 Å². The van der Waals surface area contributed by atoms with Gasteiger partial charge in [0, 0.05) is 26.2 Å². The molecule has 0 atom stereocenters. The van der Waals surface area contributed by atoms with E-state index in [1.54, 1.807) is 0 Å². The summed E-state index contributed by atoms with van der Waals surface area (Å²) in [6, 6.07) is 10.0. The summed E-state index contributed by atoms with van der Waals surface area (Å²) in [4.78, 5) is 0. The van der Waals surface area contributed by atoms with E-state index in [9.17, 15) is 8.78 Å². The van der Waals surface area contributed by atoms with E-state index in [1.165, 1.54) is 94.8 Å². The number of hydrogen-bond acceptors (Lipinski definition) is 2. The Morgan fingerprint density at radius 3 is 0.939 bits per heavy atom.